The summed E-state index contributed by atoms with van der Waals surface area (Å²) in [5, 5.41) is 0.513. The van der Waals surface area contributed by atoms with E-state index in [-0.39, 0.29) is 17.8 Å². The van der Waals surface area contributed by atoms with Crippen molar-refractivity contribution >= 4 is 33.9 Å². The molecule has 3 rings (SSSR count). The molecule has 0 spiro atoms. The first-order valence-electron chi connectivity index (χ1n) is 8.98. The maximum absolute atomic E-state index is 13.2. The molecule has 1 amide bonds. The molecule has 0 aliphatic carbocycles. The summed E-state index contributed by atoms with van der Waals surface area (Å²) in [5.74, 6) is -0.0431. The van der Waals surface area contributed by atoms with E-state index in [4.69, 9.17) is 10.5 Å². The van der Waals surface area contributed by atoms with E-state index in [1.54, 1.807) is 11.8 Å². The van der Waals surface area contributed by atoms with Gasteiger partial charge in [0, 0.05) is 42.7 Å². The van der Waals surface area contributed by atoms with E-state index >= 15 is 0 Å². The number of anilines is 2. The zero-order chi connectivity index (χ0) is 19.7. The number of nitrogen functional groups attached to an aromatic ring is 1. The summed E-state index contributed by atoms with van der Waals surface area (Å²) in [6.07, 6.45) is -0.325. The molecule has 7 heteroatoms. The van der Waals surface area contributed by atoms with Crippen molar-refractivity contribution in [1.29, 1.82) is 0 Å². The van der Waals surface area contributed by atoms with Crippen LogP contribution in [-0.4, -0.2) is 44.0 Å². The molecule has 1 atom stereocenters. The molecule has 0 fully saturated rings. The molecule has 0 bridgehead atoms. The largest absolute Gasteiger partial charge is 0.450 e. The first kappa shape index (κ1) is 19.2. The molecule has 0 radical (unpaired) electrons. The third kappa shape index (κ3) is 3.64. The number of ketones is 1. The summed E-state index contributed by atoms with van der Waals surface area (Å²) >= 11 is 1.39. The van der Waals surface area contributed by atoms with Gasteiger partial charge in [0.25, 0.3) is 0 Å². The third-order valence-electron chi connectivity index (χ3n) is 4.77. The predicted molar refractivity (Wildman–Crippen MR) is 109 cm³/mol. The molecular weight excluding hydrogens is 362 g/mol. The molecule has 1 unspecified atom stereocenters. The van der Waals surface area contributed by atoms with E-state index < -0.39 is 0 Å². The maximum Gasteiger partial charge on any atom is 0.410 e. The summed E-state index contributed by atoms with van der Waals surface area (Å²) < 4.78 is 5.12. The fourth-order valence-electron chi connectivity index (χ4n) is 3.45. The van der Waals surface area contributed by atoms with Crippen LogP contribution in [0.25, 0.3) is 0 Å². The van der Waals surface area contributed by atoms with Gasteiger partial charge in [-0.2, -0.15) is 0 Å². The van der Waals surface area contributed by atoms with Crippen molar-refractivity contribution in [2.75, 3.05) is 37.9 Å². The Morgan fingerprint density at radius 3 is 2.56 bits per heavy atom. The van der Waals surface area contributed by atoms with Crippen LogP contribution in [0.3, 0.4) is 0 Å². The number of hydrogen-bond donors (Lipinski definition) is 1. The summed E-state index contributed by atoms with van der Waals surface area (Å²) in [6, 6.07) is 7.52. The van der Waals surface area contributed by atoms with E-state index in [1.807, 2.05) is 50.2 Å². The van der Waals surface area contributed by atoms with Gasteiger partial charge in [-0.3, -0.25) is 4.79 Å². The molecular formula is C20H25N3O3S. The van der Waals surface area contributed by atoms with E-state index in [9.17, 15) is 9.59 Å². The number of thiophene rings is 1. The van der Waals surface area contributed by atoms with E-state index in [2.05, 4.69) is 0 Å². The molecule has 2 N–H and O–H groups in total. The normalized spacial score (nSPS) is 16.0. The second-order valence-corrected chi connectivity index (χ2v) is 8.07. The molecule has 1 aliphatic rings. The Balaban J connectivity index is 1.92. The zero-order valence-electron chi connectivity index (χ0n) is 16.1. The van der Waals surface area contributed by atoms with Gasteiger partial charge in [0.1, 0.15) is 0 Å². The third-order valence-corrected chi connectivity index (χ3v) is 5.79. The first-order chi connectivity index (χ1) is 12.8. The number of carbonyl (C=O) groups excluding carboxylic acids is 2. The Hall–Kier alpha value is -2.54. The smallest absolute Gasteiger partial charge is 0.410 e. The average Bonchev–Trinajstić information content (AvgIpc) is 2.97. The van der Waals surface area contributed by atoms with Crippen LogP contribution in [0.5, 0.6) is 0 Å². The highest BCUT2D eigenvalue weighted by atomic mass is 32.1. The number of amides is 1. The lowest BCUT2D eigenvalue weighted by atomic mass is 9.89. The van der Waals surface area contributed by atoms with Gasteiger partial charge in [0.15, 0.2) is 5.78 Å². The van der Waals surface area contributed by atoms with Crippen molar-refractivity contribution in [3.05, 3.63) is 45.8 Å². The van der Waals surface area contributed by atoms with Crippen LogP contribution in [0, 0.1) is 0 Å². The molecule has 27 heavy (non-hydrogen) atoms. The van der Waals surface area contributed by atoms with Gasteiger partial charge in [0.2, 0.25) is 0 Å². The van der Waals surface area contributed by atoms with Gasteiger partial charge in [0.05, 0.1) is 23.7 Å². The lowest BCUT2D eigenvalue weighted by molar-refractivity contribution is 0.0995. The second-order valence-electron chi connectivity index (χ2n) is 6.93. The van der Waals surface area contributed by atoms with Gasteiger partial charge < -0.3 is 20.3 Å². The van der Waals surface area contributed by atoms with Crippen LogP contribution in [0.1, 0.15) is 46.1 Å². The van der Waals surface area contributed by atoms with Crippen LogP contribution in [0.2, 0.25) is 0 Å². The van der Waals surface area contributed by atoms with Crippen molar-refractivity contribution in [3.63, 3.8) is 0 Å². The summed E-state index contributed by atoms with van der Waals surface area (Å²) in [7, 11) is 3.92. The summed E-state index contributed by atoms with van der Waals surface area (Å²) in [4.78, 5) is 29.9. The molecule has 2 aromatic rings. The lowest BCUT2D eigenvalue weighted by Crippen LogP contribution is -2.37. The predicted octanol–water partition coefficient (Wildman–Crippen LogP) is 3.70. The molecule has 1 aromatic heterocycles. The van der Waals surface area contributed by atoms with E-state index in [1.165, 1.54) is 11.3 Å². The van der Waals surface area contributed by atoms with E-state index in [0.717, 1.165) is 16.1 Å². The van der Waals surface area contributed by atoms with Gasteiger partial charge >= 0.3 is 6.09 Å². The highest BCUT2D eigenvalue weighted by Gasteiger charge is 2.33. The summed E-state index contributed by atoms with van der Waals surface area (Å²) in [5.41, 5.74) is 9.44. The fourth-order valence-corrected chi connectivity index (χ4v) is 4.66. The molecule has 1 aliphatic heterocycles. The van der Waals surface area contributed by atoms with Crippen LogP contribution < -0.4 is 10.6 Å². The number of hydrogen-bond acceptors (Lipinski definition) is 6. The van der Waals surface area contributed by atoms with Crippen LogP contribution >= 0.6 is 11.3 Å². The molecule has 0 saturated heterocycles. The van der Waals surface area contributed by atoms with Crippen molar-refractivity contribution in [2.45, 2.75) is 26.3 Å². The number of nitrogens with two attached hydrogens (primary N) is 1. The first-order valence-corrected chi connectivity index (χ1v) is 9.79. The zero-order valence-corrected chi connectivity index (χ0v) is 16.9. The minimum Gasteiger partial charge on any atom is -0.450 e. The number of carbonyl (C=O) groups is 2. The minimum absolute atomic E-state index is 0.0201. The Morgan fingerprint density at radius 2 is 1.96 bits per heavy atom. The fraction of sp³-hybridized carbons (Fsp3) is 0.400. The van der Waals surface area contributed by atoms with Crippen molar-refractivity contribution in [2.24, 2.45) is 0 Å². The average molecular weight is 388 g/mol. The molecule has 6 nitrogen and oxygen atoms in total. The molecule has 144 valence electrons. The molecule has 0 saturated carbocycles. The van der Waals surface area contributed by atoms with Gasteiger partial charge in [-0.25, -0.2) is 4.79 Å². The monoisotopic (exact) mass is 387 g/mol. The van der Waals surface area contributed by atoms with Gasteiger partial charge in [-0.15, -0.1) is 11.3 Å². The Labute approximate surface area is 163 Å². The standard InChI is InChI=1S/C20H25N3O3S/c1-5-26-20(25)23-10-12(2)16-15(11-23)27-19(21)17(16)18(24)13-6-8-14(9-7-13)22(3)4/h6-9,12H,5,10-11,21H2,1-4H3. The van der Waals surface area contributed by atoms with E-state index in [0.29, 0.717) is 35.8 Å². The Kier molecular flexibility index (Phi) is 5.41. The van der Waals surface area contributed by atoms with Crippen LogP contribution in [0.15, 0.2) is 24.3 Å². The Bertz CT molecular complexity index is 858. The molecule has 1 aromatic carbocycles. The number of rotatable bonds is 4. The van der Waals surface area contributed by atoms with Crippen molar-refractivity contribution in [3.8, 4) is 0 Å². The highest BCUT2D eigenvalue weighted by molar-refractivity contribution is 7.16. The minimum atomic E-state index is -0.325. The number of nitrogens with zero attached hydrogens (tertiary/aromatic N) is 2. The quantitative estimate of drug-likeness (QED) is 0.810. The maximum atomic E-state index is 13.2. The molecule has 2 heterocycles. The van der Waals surface area contributed by atoms with Crippen molar-refractivity contribution in [1.82, 2.24) is 4.90 Å². The van der Waals surface area contributed by atoms with Gasteiger partial charge in [-0.05, 0) is 36.8 Å². The van der Waals surface area contributed by atoms with Crippen LogP contribution in [-0.2, 0) is 11.3 Å². The highest BCUT2D eigenvalue weighted by Crippen LogP contribution is 2.41. The van der Waals surface area contributed by atoms with Gasteiger partial charge in [-0.1, -0.05) is 6.92 Å². The van der Waals surface area contributed by atoms with Crippen LogP contribution in [0.4, 0.5) is 15.5 Å². The SMILES string of the molecule is CCOC(=O)N1Cc2sc(N)c(C(=O)c3ccc(N(C)C)cc3)c2C(C)C1. The van der Waals surface area contributed by atoms with Crippen molar-refractivity contribution < 1.29 is 14.3 Å². The number of fused-ring (bicyclic) bond motifs is 1. The number of ether oxygens (including phenoxy) is 1. The lowest BCUT2D eigenvalue weighted by Gasteiger charge is -2.30. The Morgan fingerprint density at radius 1 is 1.30 bits per heavy atom. The summed E-state index contributed by atoms with van der Waals surface area (Å²) in [6.45, 7) is 5.10. The second kappa shape index (κ2) is 7.60. The number of benzene rings is 1. The topological polar surface area (TPSA) is 75.9 Å².